The summed E-state index contributed by atoms with van der Waals surface area (Å²) in [6.07, 6.45) is 2.42. The summed E-state index contributed by atoms with van der Waals surface area (Å²) < 4.78 is 26.8. The first-order chi connectivity index (χ1) is 11.0. The highest BCUT2D eigenvalue weighted by Gasteiger charge is 2.19. The molecular formula is C16H26N4O2S. The standard InChI is InChI=1S/C16H26N4O2S/c1-14-7-6-12-20(13-14)16(17-2)18-10-11-19-23(21,22)15-8-4-3-5-9-15/h3-5,8-9,14,19H,6-7,10-13H2,1-2H3,(H,17,18). The molecule has 6 nitrogen and oxygen atoms in total. The minimum Gasteiger partial charge on any atom is -0.355 e. The fourth-order valence-electron chi connectivity index (χ4n) is 2.76. The summed E-state index contributed by atoms with van der Waals surface area (Å²) in [4.78, 5) is 6.81. The van der Waals surface area contributed by atoms with Crippen molar-refractivity contribution in [1.29, 1.82) is 0 Å². The third-order valence-electron chi connectivity index (χ3n) is 3.92. The maximum absolute atomic E-state index is 12.1. The first-order valence-electron chi connectivity index (χ1n) is 8.03. The third-order valence-corrected chi connectivity index (χ3v) is 5.40. The van der Waals surface area contributed by atoms with E-state index in [0.29, 0.717) is 19.0 Å². The van der Waals surface area contributed by atoms with Crippen LogP contribution in [0.2, 0.25) is 0 Å². The van der Waals surface area contributed by atoms with Gasteiger partial charge in [0.05, 0.1) is 4.90 Å². The molecule has 0 bridgehead atoms. The Bertz CT molecular complexity index is 616. The molecule has 0 amide bonds. The van der Waals surface area contributed by atoms with Crippen LogP contribution in [0.5, 0.6) is 0 Å². The van der Waals surface area contributed by atoms with Gasteiger partial charge in [0.2, 0.25) is 10.0 Å². The number of guanidine groups is 1. The SMILES string of the molecule is CN=C(NCCNS(=O)(=O)c1ccccc1)N1CCCC(C)C1. The summed E-state index contributed by atoms with van der Waals surface area (Å²) in [5.41, 5.74) is 0. The zero-order valence-electron chi connectivity index (χ0n) is 13.8. The Morgan fingerprint density at radius 3 is 2.70 bits per heavy atom. The smallest absolute Gasteiger partial charge is 0.240 e. The predicted octanol–water partition coefficient (Wildman–Crippen LogP) is 1.27. The van der Waals surface area contributed by atoms with Crippen molar-refractivity contribution in [3.63, 3.8) is 0 Å². The Kier molecular flexibility index (Phi) is 6.41. The van der Waals surface area contributed by atoms with Crippen LogP contribution >= 0.6 is 0 Å². The van der Waals surface area contributed by atoms with E-state index in [-0.39, 0.29) is 4.90 Å². The van der Waals surface area contributed by atoms with Gasteiger partial charge in [-0.05, 0) is 30.9 Å². The largest absolute Gasteiger partial charge is 0.355 e. The Morgan fingerprint density at radius 2 is 2.04 bits per heavy atom. The summed E-state index contributed by atoms with van der Waals surface area (Å²) in [5.74, 6) is 1.51. The Labute approximate surface area is 139 Å². The number of hydrogen-bond donors (Lipinski definition) is 2. The van der Waals surface area contributed by atoms with Gasteiger partial charge >= 0.3 is 0 Å². The van der Waals surface area contributed by atoms with E-state index in [9.17, 15) is 8.42 Å². The van der Waals surface area contributed by atoms with Crippen molar-refractivity contribution < 1.29 is 8.42 Å². The zero-order chi connectivity index (χ0) is 16.7. The molecule has 1 aromatic carbocycles. The van der Waals surface area contributed by atoms with Crippen LogP contribution in [0.25, 0.3) is 0 Å². The highest BCUT2D eigenvalue weighted by Crippen LogP contribution is 2.15. The third kappa shape index (κ3) is 5.21. The van der Waals surface area contributed by atoms with Gasteiger partial charge in [-0.1, -0.05) is 25.1 Å². The second-order valence-corrected chi connectivity index (χ2v) is 7.65. The first-order valence-corrected chi connectivity index (χ1v) is 9.51. The lowest BCUT2D eigenvalue weighted by Gasteiger charge is -2.33. The van der Waals surface area contributed by atoms with Crippen LogP contribution in [0.1, 0.15) is 19.8 Å². The molecule has 0 aromatic heterocycles. The number of nitrogens with one attached hydrogen (secondary N) is 2. The molecule has 7 heteroatoms. The van der Waals surface area contributed by atoms with Gasteiger partial charge in [0, 0.05) is 33.2 Å². The maximum atomic E-state index is 12.1. The molecule has 128 valence electrons. The predicted molar refractivity (Wildman–Crippen MR) is 93.0 cm³/mol. The topological polar surface area (TPSA) is 73.8 Å². The molecule has 1 aromatic rings. The van der Waals surface area contributed by atoms with Gasteiger partial charge in [-0.25, -0.2) is 13.1 Å². The highest BCUT2D eigenvalue weighted by molar-refractivity contribution is 7.89. The van der Waals surface area contributed by atoms with Crippen molar-refractivity contribution in [3.8, 4) is 0 Å². The second kappa shape index (κ2) is 8.31. The van der Waals surface area contributed by atoms with Crippen molar-refractivity contribution in [2.24, 2.45) is 10.9 Å². The Hall–Kier alpha value is -1.60. The van der Waals surface area contributed by atoms with Crippen molar-refractivity contribution in [2.45, 2.75) is 24.7 Å². The fourth-order valence-corrected chi connectivity index (χ4v) is 3.81. The van der Waals surface area contributed by atoms with Gasteiger partial charge in [-0.15, -0.1) is 0 Å². The van der Waals surface area contributed by atoms with Crippen LogP contribution in [-0.2, 0) is 10.0 Å². The first kappa shape index (κ1) is 17.7. The zero-order valence-corrected chi connectivity index (χ0v) is 14.6. The van der Waals surface area contributed by atoms with Gasteiger partial charge in [0.1, 0.15) is 0 Å². The van der Waals surface area contributed by atoms with E-state index < -0.39 is 10.0 Å². The van der Waals surface area contributed by atoms with Gasteiger partial charge in [-0.3, -0.25) is 4.99 Å². The minimum atomic E-state index is -3.44. The molecule has 1 atom stereocenters. The Balaban J connectivity index is 1.80. The second-order valence-electron chi connectivity index (χ2n) is 5.88. The summed E-state index contributed by atoms with van der Waals surface area (Å²) in [6.45, 7) is 5.06. The van der Waals surface area contributed by atoms with Gasteiger partial charge in [0.15, 0.2) is 5.96 Å². The molecule has 2 rings (SSSR count). The lowest BCUT2D eigenvalue weighted by Crippen LogP contribution is -2.47. The molecule has 1 saturated heterocycles. The number of hydrogen-bond acceptors (Lipinski definition) is 3. The molecular weight excluding hydrogens is 312 g/mol. The molecule has 0 spiro atoms. The number of aliphatic imine (C=N–C) groups is 1. The summed E-state index contributed by atoms with van der Waals surface area (Å²) in [6, 6.07) is 8.40. The van der Waals surface area contributed by atoms with E-state index >= 15 is 0 Å². The Morgan fingerprint density at radius 1 is 1.30 bits per heavy atom. The van der Waals surface area contributed by atoms with Crippen molar-refractivity contribution in [2.75, 3.05) is 33.2 Å². The van der Waals surface area contributed by atoms with Crippen LogP contribution in [-0.4, -0.2) is 52.5 Å². The normalized spacial score (nSPS) is 19.7. The molecule has 2 N–H and O–H groups in total. The lowest BCUT2D eigenvalue weighted by molar-refractivity contribution is 0.266. The fraction of sp³-hybridized carbons (Fsp3) is 0.562. The number of rotatable bonds is 5. The summed E-state index contributed by atoms with van der Waals surface area (Å²) in [7, 11) is -1.68. The van der Waals surface area contributed by atoms with Crippen LogP contribution < -0.4 is 10.0 Å². The number of benzene rings is 1. The highest BCUT2D eigenvalue weighted by atomic mass is 32.2. The molecule has 23 heavy (non-hydrogen) atoms. The lowest BCUT2D eigenvalue weighted by atomic mass is 10.0. The van der Waals surface area contributed by atoms with Crippen molar-refractivity contribution in [3.05, 3.63) is 30.3 Å². The molecule has 0 radical (unpaired) electrons. The maximum Gasteiger partial charge on any atom is 0.240 e. The van der Waals surface area contributed by atoms with Crippen LogP contribution in [0.3, 0.4) is 0 Å². The molecule has 0 saturated carbocycles. The van der Waals surface area contributed by atoms with Crippen LogP contribution in [0.4, 0.5) is 0 Å². The molecule has 0 aliphatic carbocycles. The molecule has 1 fully saturated rings. The van der Waals surface area contributed by atoms with Gasteiger partial charge in [-0.2, -0.15) is 0 Å². The van der Waals surface area contributed by atoms with E-state index in [1.54, 1.807) is 37.4 Å². The van der Waals surface area contributed by atoms with E-state index in [1.807, 2.05) is 0 Å². The van der Waals surface area contributed by atoms with Crippen LogP contribution in [0.15, 0.2) is 40.2 Å². The summed E-state index contributed by atoms with van der Waals surface area (Å²) in [5, 5.41) is 3.23. The molecule has 1 aliphatic rings. The average molecular weight is 338 g/mol. The minimum absolute atomic E-state index is 0.286. The van der Waals surface area contributed by atoms with Crippen molar-refractivity contribution >= 4 is 16.0 Å². The average Bonchev–Trinajstić information content (AvgIpc) is 2.56. The van der Waals surface area contributed by atoms with Gasteiger partial charge in [0.25, 0.3) is 0 Å². The van der Waals surface area contributed by atoms with Crippen molar-refractivity contribution in [1.82, 2.24) is 14.9 Å². The quantitative estimate of drug-likeness (QED) is 0.482. The number of piperidine rings is 1. The number of likely N-dealkylation sites (tertiary alicyclic amines) is 1. The molecule has 1 unspecified atom stereocenters. The van der Waals surface area contributed by atoms with E-state index in [2.05, 4.69) is 26.9 Å². The number of sulfonamides is 1. The monoisotopic (exact) mass is 338 g/mol. The van der Waals surface area contributed by atoms with Crippen LogP contribution in [0, 0.1) is 5.92 Å². The number of nitrogens with zero attached hydrogens (tertiary/aromatic N) is 2. The van der Waals surface area contributed by atoms with E-state index in [1.165, 1.54) is 12.8 Å². The van der Waals surface area contributed by atoms with E-state index in [0.717, 1.165) is 19.0 Å². The van der Waals surface area contributed by atoms with E-state index in [4.69, 9.17) is 0 Å². The molecule has 1 heterocycles. The molecule has 1 aliphatic heterocycles. The summed E-state index contributed by atoms with van der Waals surface area (Å²) >= 11 is 0. The van der Waals surface area contributed by atoms with Gasteiger partial charge < -0.3 is 10.2 Å².